The molecule has 21 heavy (non-hydrogen) atoms. The van der Waals surface area contributed by atoms with Gasteiger partial charge in [0, 0.05) is 30.5 Å². The van der Waals surface area contributed by atoms with Crippen molar-refractivity contribution >= 4 is 27.5 Å². The van der Waals surface area contributed by atoms with Crippen molar-refractivity contribution in [1.29, 1.82) is 0 Å². The number of aromatic nitrogens is 2. The zero-order valence-electron chi connectivity index (χ0n) is 12.1. The first-order valence-electron chi connectivity index (χ1n) is 7.32. The van der Waals surface area contributed by atoms with Gasteiger partial charge in [0.15, 0.2) is 5.96 Å². The van der Waals surface area contributed by atoms with Gasteiger partial charge in [0.1, 0.15) is 5.65 Å². The fourth-order valence-electron chi connectivity index (χ4n) is 2.44. The number of guanidine groups is 1. The molecule has 0 amide bonds. The number of imidazole rings is 1. The zero-order valence-corrected chi connectivity index (χ0v) is 13.7. The lowest BCUT2D eigenvalue weighted by atomic mass is 9.85. The number of fused-ring (bicyclic) bond motifs is 1. The van der Waals surface area contributed by atoms with Crippen molar-refractivity contribution in [3.05, 3.63) is 34.7 Å². The van der Waals surface area contributed by atoms with Crippen LogP contribution in [0.2, 0.25) is 0 Å². The largest absolute Gasteiger partial charge is 0.356 e. The second-order valence-corrected chi connectivity index (χ2v) is 6.36. The summed E-state index contributed by atoms with van der Waals surface area (Å²) in [6.07, 6.45) is 8.09. The van der Waals surface area contributed by atoms with Gasteiger partial charge in [0.25, 0.3) is 0 Å². The Kier molecular flexibility index (Phi) is 4.43. The summed E-state index contributed by atoms with van der Waals surface area (Å²) in [6.45, 7) is 1.68. The van der Waals surface area contributed by atoms with Crippen LogP contribution in [0.15, 0.2) is 34.0 Å². The predicted molar refractivity (Wildman–Crippen MR) is 88.4 cm³/mol. The summed E-state index contributed by atoms with van der Waals surface area (Å²) in [5.41, 5.74) is 1.95. The molecule has 112 valence electrons. The van der Waals surface area contributed by atoms with Crippen LogP contribution < -0.4 is 10.6 Å². The van der Waals surface area contributed by atoms with E-state index in [4.69, 9.17) is 0 Å². The van der Waals surface area contributed by atoms with Crippen LogP contribution in [0, 0.1) is 5.92 Å². The van der Waals surface area contributed by atoms with Crippen LogP contribution in [0.25, 0.3) is 5.65 Å². The average Bonchev–Trinajstić information content (AvgIpc) is 2.82. The number of hydrogen-bond donors (Lipinski definition) is 2. The van der Waals surface area contributed by atoms with Crippen molar-refractivity contribution in [3.63, 3.8) is 0 Å². The van der Waals surface area contributed by atoms with E-state index >= 15 is 0 Å². The van der Waals surface area contributed by atoms with Crippen molar-refractivity contribution < 1.29 is 0 Å². The molecule has 0 saturated heterocycles. The van der Waals surface area contributed by atoms with Gasteiger partial charge in [-0.1, -0.05) is 6.42 Å². The normalized spacial score (nSPS) is 16.0. The third-order valence-corrected chi connectivity index (χ3v) is 4.38. The standard InChI is InChI=1S/C15H20BrN5/c1-17-15(18-7-11-3-2-4-11)19-8-13-10-21-9-12(16)5-6-14(21)20-13/h5-6,9-11H,2-4,7-8H2,1H3,(H2,17,18,19). The first kappa shape index (κ1) is 14.4. The minimum Gasteiger partial charge on any atom is -0.356 e. The number of nitrogens with one attached hydrogen (secondary N) is 2. The van der Waals surface area contributed by atoms with Gasteiger partial charge in [-0.05, 0) is 46.8 Å². The maximum Gasteiger partial charge on any atom is 0.191 e. The molecule has 1 saturated carbocycles. The van der Waals surface area contributed by atoms with Crippen molar-refractivity contribution in [1.82, 2.24) is 20.0 Å². The fraction of sp³-hybridized carbons (Fsp3) is 0.467. The highest BCUT2D eigenvalue weighted by atomic mass is 79.9. The number of pyridine rings is 1. The van der Waals surface area contributed by atoms with Crippen molar-refractivity contribution in [3.8, 4) is 0 Å². The quantitative estimate of drug-likeness (QED) is 0.658. The van der Waals surface area contributed by atoms with Crippen LogP contribution in [-0.2, 0) is 6.54 Å². The Morgan fingerprint density at radius 3 is 2.95 bits per heavy atom. The molecule has 5 nitrogen and oxygen atoms in total. The predicted octanol–water partition coefficient (Wildman–Crippen LogP) is 2.56. The Labute approximate surface area is 133 Å². The van der Waals surface area contributed by atoms with Crippen molar-refractivity contribution in [2.75, 3.05) is 13.6 Å². The lowest BCUT2D eigenvalue weighted by molar-refractivity contribution is 0.314. The second-order valence-electron chi connectivity index (χ2n) is 5.45. The molecule has 0 spiro atoms. The van der Waals surface area contributed by atoms with Gasteiger partial charge >= 0.3 is 0 Å². The summed E-state index contributed by atoms with van der Waals surface area (Å²) in [7, 11) is 1.80. The Bertz CT molecular complexity index is 645. The third-order valence-electron chi connectivity index (χ3n) is 3.91. The van der Waals surface area contributed by atoms with Crippen LogP contribution in [0.4, 0.5) is 0 Å². The van der Waals surface area contributed by atoms with Crippen LogP contribution in [0.5, 0.6) is 0 Å². The van der Waals surface area contributed by atoms with Gasteiger partial charge in [0.05, 0.1) is 12.2 Å². The zero-order chi connectivity index (χ0) is 14.7. The molecule has 2 N–H and O–H groups in total. The molecule has 2 aromatic rings. The summed E-state index contributed by atoms with van der Waals surface area (Å²) in [4.78, 5) is 8.83. The van der Waals surface area contributed by atoms with Gasteiger partial charge in [-0.2, -0.15) is 0 Å². The number of hydrogen-bond acceptors (Lipinski definition) is 2. The first-order valence-corrected chi connectivity index (χ1v) is 8.11. The molecule has 0 aliphatic heterocycles. The van der Waals surface area contributed by atoms with Crippen LogP contribution in [0.1, 0.15) is 25.0 Å². The molecule has 1 aliphatic carbocycles. The molecular weight excluding hydrogens is 330 g/mol. The highest BCUT2D eigenvalue weighted by molar-refractivity contribution is 9.10. The Balaban J connectivity index is 1.56. The summed E-state index contributed by atoms with van der Waals surface area (Å²) in [5.74, 6) is 1.66. The molecule has 0 aromatic carbocycles. The van der Waals surface area contributed by atoms with E-state index in [1.165, 1.54) is 19.3 Å². The van der Waals surface area contributed by atoms with E-state index in [-0.39, 0.29) is 0 Å². The van der Waals surface area contributed by atoms with Gasteiger partial charge in [-0.3, -0.25) is 4.99 Å². The van der Waals surface area contributed by atoms with E-state index in [0.29, 0.717) is 6.54 Å². The summed E-state index contributed by atoms with van der Waals surface area (Å²) in [5, 5.41) is 6.70. The number of rotatable bonds is 4. The molecule has 3 rings (SSSR count). The molecule has 0 radical (unpaired) electrons. The highest BCUT2D eigenvalue weighted by Crippen LogP contribution is 2.25. The van der Waals surface area contributed by atoms with E-state index in [1.807, 2.05) is 28.9 Å². The van der Waals surface area contributed by atoms with E-state index < -0.39 is 0 Å². The van der Waals surface area contributed by atoms with Gasteiger partial charge in [-0.15, -0.1) is 0 Å². The maximum atomic E-state index is 4.58. The highest BCUT2D eigenvalue weighted by Gasteiger charge is 2.17. The molecule has 1 aliphatic rings. The molecule has 6 heteroatoms. The van der Waals surface area contributed by atoms with E-state index in [9.17, 15) is 0 Å². The molecule has 2 aromatic heterocycles. The van der Waals surface area contributed by atoms with Crippen LogP contribution in [0.3, 0.4) is 0 Å². The summed E-state index contributed by atoms with van der Waals surface area (Å²) >= 11 is 3.47. The number of nitrogens with zero attached hydrogens (tertiary/aromatic N) is 3. The summed E-state index contributed by atoms with van der Waals surface area (Å²) in [6, 6.07) is 4.00. The molecular formula is C15H20BrN5. The minimum atomic E-state index is 0.670. The fourth-order valence-corrected chi connectivity index (χ4v) is 2.79. The smallest absolute Gasteiger partial charge is 0.191 e. The van der Waals surface area contributed by atoms with Gasteiger partial charge in [-0.25, -0.2) is 4.98 Å². The lowest BCUT2D eigenvalue weighted by Crippen LogP contribution is -2.40. The van der Waals surface area contributed by atoms with Crippen LogP contribution >= 0.6 is 15.9 Å². The first-order chi connectivity index (χ1) is 10.2. The monoisotopic (exact) mass is 349 g/mol. The number of aliphatic imine (C=N–C) groups is 1. The van der Waals surface area contributed by atoms with E-state index in [0.717, 1.165) is 34.2 Å². The van der Waals surface area contributed by atoms with E-state index in [1.54, 1.807) is 7.05 Å². The molecule has 1 fully saturated rings. The Morgan fingerprint density at radius 1 is 1.38 bits per heavy atom. The molecule has 2 heterocycles. The average molecular weight is 350 g/mol. The SMILES string of the molecule is CN=C(NCc1cn2cc(Br)ccc2n1)NCC1CCC1. The van der Waals surface area contributed by atoms with Crippen molar-refractivity contribution in [2.24, 2.45) is 10.9 Å². The third kappa shape index (κ3) is 3.56. The summed E-state index contributed by atoms with van der Waals surface area (Å²) < 4.78 is 3.07. The van der Waals surface area contributed by atoms with Crippen molar-refractivity contribution in [2.45, 2.75) is 25.8 Å². The molecule has 0 unspecified atom stereocenters. The van der Waals surface area contributed by atoms with Crippen LogP contribution in [-0.4, -0.2) is 28.9 Å². The topological polar surface area (TPSA) is 53.7 Å². The lowest BCUT2D eigenvalue weighted by Gasteiger charge is -2.26. The molecule has 0 bridgehead atoms. The maximum absolute atomic E-state index is 4.58. The molecule has 0 atom stereocenters. The Morgan fingerprint density at radius 2 is 2.24 bits per heavy atom. The number of halogens is 1. The van der Waals surface area contributed by atoms with E-state index in [2.05, 4.69) is 36.5 Å². The second kappa shape index (κ2) is 6.47. The van der Waals surface area contributed by atoms with Gasteiger partial charge in [0.2, 0.25) is 0 Å². The minimum absolute atomic E-state index is 0.670. The van der Waals surface area contributed by atoms with Gasteiger partial charge < -0.3 is 15.0 Å². The Hall–Kier alpha value is -1.56.